The van der Waals surface area contributed by atoms with Gasteiger partial charge in [-0.1, -0.05) is 17.7 Å². The number of hydrogen-bond acceptors (Lipinski definition) is 3. The van der Waals surface area contributed by atoms with Crippen LogP contribution in [0.15, 0.2) is 24.3 Å². The second kappa shape index (κ2) is 6.68. The molecule has 19 heavy (non-hydrogen) atoms. The summed E-state index contributed by atoms with van der Waals surface area (Å²) in [5.41, 5.74) is 2.06. The topological polar surface area (TPSA) is 44.4 Å². The minimum Gasteiger partial charge on any atom is -0.325 e. The van der Waals surface area contributed by atoms with Crippen molar-refractivity contribution in [1.29, 1.82) is 0 Å². The molecule has 0 aromatic heterocycles. The van der Waals surface area contributed by atoms with Crippen molar-refractivity contribution in [3.05, 3.63) is 29.8 Å². The number of hydrogen-bond donors (Lipinski definition) is 2. The molecular weight excluding hydrogens is 238 g/mol. The van der Waals surface area contributed by atoms with Gasteiger partial charge >= 0.3 is 0 Å². The smallest absolute Gasteiger partial charge is 0.238 e. The molecule has 0 radical (unpaired) electrons. The molecule has 2 N–H and O–H groups in total. The van der Waals surface area contributed by atoms with Gasteiger partial charge in [0.15, 0.2) is 0 Å². The number of anilines is 1. The number of amides is 1. The number of nitrogens with one attached hydrogen (secondary N) is 2. The molecule has 0 aliphatic carbocycles. The first-order chi connectivity index (χ1) is 9.13. The van der Waals surface area contributed by atoms with Gasteiger partial charge in [-0.25, -0.2) is 0 Å². The van der Waals surface area contributed by atoms with Crippen LogP contribution in [-0.4, -0.2) is 43.5 Å². The molecule has 4 heteroatoms. The molecule has 1 heterocycles. The molecule has 1 aliphatic rings. The van der Waals surface area contributed by atoms with Crippen LogP contribution in [0.1, 0.15) is 18.4 Å². The van der Waals surface area contributed by atoms with Gasteiger partial charge in [0, 0.05) is 11.7 Å². The van der Waals surface area contributed by atoms with Gasteiger partial charge in [-0.05, 0) is 52.0 Å². The van der Waals surface area contributed by atoms with E-state index < -0.39 is 0 Å². The maximum Gasteiger partial charge on any atom is 0.238 e. The summed E-state index contributed by atoms with van der Waals surface area (Å²) >= 11 is 0. The maximum absolute atomic E-state index is 11.8. The number of rotatable bonds is 4. The largest absolute Gasteiger partial charge is 0.325 e. The van der Waals surface area contributed by atoms with Gasteiger partial charge in [0.05, 0.1) is 6.54 Å². The first-order valence-electron chi connectivity index (χ1n) is 6.92. The van der Waals surface area contributed by atoms with Gasteiger partial charge < -0.3 is 15.5 Å². The van der Waals surface area contributed by atoms with Crippen molar-refractivity contribution >= 4 is 11.6 Å². The summed E-state index contributed by atoms with van der Waals surface area (Å²) < 4.78 is 0. The normalized spacial score (nSPS) is 17.4. The van der Waals surface area contributed by atoms with E-state index in [9.17, 15) is 4.79 Å². The number of nitrogens with zero attached hydrogens (tertiary/aromatic N) is 1. The summed E-state index contributed by atoms with van der Waals surface area (Å²) in [6, 6.07) is 8.34. The average Bonchev–Trinajstić information content (AvgIpc) is 2.41. The first-order valence-corrected chi connectivity index (χ1v) is 6.92. The molecule has 4 nitrogen and oxygen atoms in total. The van der Waals surface area contributed by atoms with Gasteiger partial charge in [0.2, 0.25) is 5.91 Å². The fourth-order valence-corrected chi connectivity index (χ4v) is 2.29. The fraction of sp³-hybridized carbons (Fsp3) is 0.533. The summed E-state index contributed by atoms with van der Waals surface area (Å²) in [7, 11) is 2.14. The Balaban J connectivity index is 1.71. The zero-order valence-electron chi connectivity index (χ0n) is 11.8. The molecule has 1 aromatic carbocycles. The van der Waals surface area contributed by atoms with E-state index in [4.69, 9.17) is 0 Å². The maximum atomic E-state index is 11.8. The predicted octanol–water partition coefficient (Wildman–Crippen LogP) is 1.62. The zero-order chi connectivity index (χ0) is 13.7. The van der Waals surface area contributed by atoms with Crippen LogP contribution in [-0.2, 0) is 4.79 Å². The quantitative estimate of drug-likeness (QED) is 0.865. The summed E-state index contributed by atoms with van der Waals surface area (Å²) in [4.78, 5) is 14.1. The van der Waals surface area contributed by atoms with Crippen LogP contribution in [0.4, 0.5) is 5.69 Å². The number of carbonyl (C=O) groups excluding carboxylic acids is 1. The Hall–Kier alpha value is -1.39. The van der Waals surface area contributed by atoms with Crippen molar-refractivity contribution in [3.63, 3.8) is 0 Å². The molecule has 0 bridgehead atoms. The Morgan fingerprint density at radius 1 is 1.26 bits per heavy atom. The van der Waals surface area contributed by atoms with Gasteiger partial charge in [-0.2, -0.15) is 0 Å². The van der Waals surface area contributed by atoms with Gasteiger partial charge in [0.25, 0.3) is 0 Å². The zero-order valence-corrected chi connectivity index (χ0v) is 11.8. The van der Waals surface area contributed by atoms with Gasteiger partial charge in [0.1, 0.15) is 0 Å². The highest BCUT2D eigenvalue weighted by atomic mass is 16.1. The number of benzene rings is 1. The van der Waals surface area contributed by atoms with Crippen LogP contribution < -0.4 is 10.6 Å². The van der Waals surface area contributed by atoms with Crippen molar-refractivity contribution in [1.82, 2.24) is 10.2 Å². The Labute approximate surface area is 115 Å². The average molecular weight is 261 g/mol. The van der Waals surface area contributed by atoms with Crippen LogP contribution in [0.5, 0.6) is 0 Å². The molecule has 0 atom stereocenters. The molecule has 1 aliphatic heterocycles. The molecule has 104 valence electrons. The third-order valence-electron chi connectivity index (χ3n) is 3.61. The van der Waals surface area contributed by atoms with Crippen LogP contribution >= 0.6 is 0 Å². The SMILES string of the molecule is Cc1ccc(NC(=O)CNC2CCN(C)CC2)cc1. The molecule has 0 spiro atoms. The number of aryl methyl sites for hydroxylation is 1. The van der Waals surface area contributed by atoms with Crippen molar-refractivity contribution in [2.45, 2.75) is 25.8 Å². The summed E-state index contributed by atoms with van der Waals surface area (Å²) in [5, 5.41) is 6.24. The van der Waals surface area contributed by atoms with Crippen LogP contribution in [0, 0.1) is 6.92 Å². The minimum atomic E-state index is 0.0304. The lowest BCUT2D eigenvalue weighted by molar-refractivity contribution is -0.115. The minimum absolute atomic E-state index is 0.0304. The van der Waals surface area contributed by atoms with Crippen LogP contribution in [0.3, 0.4) is 0 Å². The Kier molecular flexibility index (Phi) is 4.93. The Bertz CT molecular complexity index is 408. The standard InChI is InChI=1S/C15H23N3O/c1-12-3-5-14(6-4-12)17-15(19)11-16-13-7-9-18(2)10-8-13/h3-6,13,16H,7-11H2,1-2H3,(H,17,19). The van der Waals surface area contributed by atoms with Crippen LogP contribution in [0.2, 0.25) is 0 Å². The molecule has 1 amide bonds. The van der Waals surface area contributed by atoms with Crippen molar-refractivity contribution < 1.29 is 4.79 Å². The molecule has 2 rings (SSSR count). The highest BCUT2D eigenvalue weighted by Crippen LogP contribution is 2.09. The second-order valence-electron chi connectivity index (χ2n) is 5.37. The molecule has 0 unspecified atom stereocenters. The summed E-state index contributed by atoms with van der Waals surface area (Å²) in [6.45, 7) is 4.64. The highest BCUT2D eigenvalue weighted by molar-refractivity contribution is 5.92. The van der Waals surface area contributed by atoms with E-state index in [1.165, 1.54) is 5.56 Å². The summed E-state index contributed by atoms with van der Waals surface area (Å²) in [6.07, 6.45) is 2.24. The number of carbonyl (C=O) groups is 1. The Morgan fingerprint density at radius 2 is 1.89 bits per heavy atom. The lowest BCUT2D eigenvalue weighted by Crippen LogP contribution is -2.43. The van der Waals surface area contributed by atoms with E-state index in [-0.39, 0.29) is 5.91 Å². The predicted molar refractivity (Wildman–Crippen MR) is 78.3 cm³/mol. The van der Waals surface area contributed by atoms with Crippen molar-refractivity contribution in [3.8, 4) is 0 Å². The van der Waals surface area contributed by atoms with E-state index in [2.05, 4.69) is 22.6 Å². The highest BCUT2D eigenvalue weighted by Gasteiger charge is 2.16. The van der Waals surface area contributed by atoms with Gasteiger partial charge in [-0.15, -0.1) is 0 Å². The lowest BCUT2D eigenvalue weighted by atomic mass is 10.1. The van der Waals surface area contributed by atoms with Crippen LogP contribution in [0.25, 0.3) is 0 Å². The van der Waals surface area contributed by atoms with E-state index >= 15 is 0 Å². The number of likely N-dealkylation sites (tertiary alicyclic amines) is 1. The van der Waals surface area contributed by atoms with E-state index in [1.54, 1.807) is 0 Å². The molecular formula is C15H23N3O. The summed E-state index contributed by atoms with van der Waals surface area (Å²) in [5.74, 6) is 0.0304. The Morgan fingerprint density at radius 3 is 2.53 bits per heavy atom. The first kappa shape index (κ1) is 14.0. The monoisotopic (exact) mass is 261 g/mol. The van der Waals surface area contributed by atoms with Gasteiger partial charge in [-0.3, -0.25) is 4.79 Å². The van der Waals surface area contributed by atoms with Crippen molar-refractivity contribution in [2.75, 3.05) is 32.0 Å². The van der Waals surface area contributed by atoms with Crippen molar-refractivity contribution in [2.24, 2.45) is 0 Å². The third kappa shape index (κ3) is 4.65. The lowest BCUT2D eigenvalue weighted by Gasteiger charge is -2.29. The van der Waals surface area contributed by atoms with E-state index in [1.807, 2.05) is 31.2 Å². The number of piperidine rings is 1. The third-order valence-corrected chi connectivity index (χ3v) is 3.61. The molecule has 1 aromatic rings. The second-order valence-corrected chi connectivity index (χ2v) is 5.37. The molecule has 1 fully saturated rings. The van der Waals surface area contributed by atoms with E-state index in [0.29, 0.717) is 12.6 Å². The molecule has 1 saturated heterocycles. The fourth-order valence-electron chi connectivity index (χ4n) is 2.29. The molecule has 0 saturated carbocycles. The van der Waals surface area contributed by atoms with E-state index in [0.717, 1.165) is 31.6 Å².